The van der Waals surface area contributed by atoms with Gasteiger partial charge in [-0.1, -0.05) is 194 Å². The monoisotopic (exact) mass is 752 g/mol. The van der Waals surface area contributed by atoms with E-state index in [4.69, 9.17) is 19.9 Å². The summed E-state index contributed by atoms with van der Waals surface area (Å²) in [5.41, 5.74) is 14.8. The van der Waals surface area contributed by atoms with E-state index in [1.54, 1.807) is 0 Å². The van der Waals surface area contributed by atoms with Crippen LogP contribution in [0.5, 0.6) is 0 Å². The van der Waals surface area contributed by atoms with Crippen molar-refractivity contribution in [2.75, 3.05) is 0 Å². The van der Waals surface area contributed by atoms with Crippen molar-refractivity contribution in [2.24, 2.45) is 0 Å². The van der Waals surface area contributed by atoms with Crippen LogP contribution in [-0.2, 0) is 5.41 Å². The van der Waals surface area contributed by atoms with Crippen LogP contribution in [0.2, 0.25) is 0 Å². The number of pyridine rings is 1. The number of fused-ring (bicyclic) bond motifs is 2. The standard InChI is InChI=1S/C55H36N4/c1-5-18-37(19-6-1)52-57-53(38-20-7-2-8-21-38)59-54(58-52)42-25-16-23-40(35-42)39-22-15-24-41(34-39)50-36-46-45-30-13-14-31-47(45)55(43-26-9-3-10-27-43,44-28-11-4-12-29-44)48-32-17-33-49(56-50)51(46)48/h1-36H. The summed E-state index contributed by atoms with van der Waals surface area (Å²) in [7, 11) is 0. The maximum Gasteiger partial charge on any atom is 0.164 e. The number of hydrogen-bond acceptors (Lipinski definition) is 4. The third kappa shape index (κ3) is 5.84. The van der Waals surface area contributed by atoms with Crippen molar-refractivity contribution in [3.63, 3.8) is 0 Å². The first-order valence-electron chi connectivity index (χ1n) is 20.0. The van der Waals surface area contributed by atoms with E-state index in [0.717, 1.165) is 44.6 Å². The summed E-state index contributed by atoms with van der Waals surface area (Å²) in [6.45, 7) is 0. The van der Waals surface area contributed by atoms with E-state index < -0.39 is 5.41 Å². The lowest BCUT2D eigenvalue weighted by Crippen LogP contribution is -2.33. The SMILES string of the molecule is c1ccc(-c2nc(-c3ccccc3)nc(-c3cccc(-c4cccc(-c5cc6c7c(cccc7n5)C(c5ccccc5)(c5ccccc5)c5ccccc5-6)c4)c3)n2)cc1. The fourth-order valence-electron chi connectivity index (χ4n) is 8.95. The van der Waals surface area contributed by atoms with E-state index in [1.165, 1.54) is 38.8 Å². The van der Waals surface area contributed by atoms with Gasteiger partial charge in [0.15, 0.2) is 17.5 Å². The van der Waals surface area contributed by atoms with Crippen LogP contribution in [0.3, 0.4) is 0 Å². The first kappa shape index (κ1) is 34.4. The van der Waals surface area contributed by atoms with Crippen molar-refractivity contribution in [3.8, 4) is 67.7 Å². The second kappa shape index (κ2) is 14.3. The quantitative estimate of drug-likeness (QED) is 0.163. The third-order valence-electron chi connectivity index (χ3n) is 11.6. The van der Waals surface area contributed by atoms with Gasteiger partial charge in [0, 0.05) is 27.6 Å². The van der Waals surface area contributed by atoms with Crippen molar-refractivity contribution >= 4 is 10.9 Å². The molecule has 8 aromatic carbocycles. The summed E-state index contributed by atoms with van der Waals surface area (Å²) in [6, 6.07) is 77.0. The fraction of sp³-hybridized carbons (Fsp3) is 0.0182. The molecule has 0 radical (unpaired) electrons. The Kier molecular flexibility index (Phi) is 8.34. The van der Waals surface area contributed by atoms with Gasteiger partial charge in [0.2, 0.25) is 0 Å². The van der Waals surface area contributed by atoms with E-state index in [-0.39, 0.29) is 0 Å². The van der Waals surface area contributed by atoms with Gasteiger partial charge in [-0.3, -0.25) is 0 Å². The minimum Gasteiger partial charge on any atom is -0.248 e. The zero-order chi connectivity index (χ0) is 39.2. The molecular formula is C55H36N4. The van der Waals surface area contributed by atoms with E-state index in [2.05, 4.69) is 158 Å². The Hall–Kier alpha value is -7.82. The van der Waals surface area contributed by atoms with Crippen molar-refractivity contribution in [3.05, 3.63) is 241 Å². The summed E-state index contributed by atoms with van der Waals surface area (Å²) < 4.78 is 0. The Balaban J connectivity index is 1.04. The van der Waals surface area contributed by atoms with Crippen molar-refractivity contribution in [1.82, 2.24) is 19.9 Å². The summed E-state index contributed by atoms with van der Waals surface area (Å²) in [5, 5.41) is 1.19. The number of rotatable bonds is 7. The molecule has 11 rings (SSSR count). The van der Waals surface area contributed by atoms with Gasteiger partial charge in [-0.15, -0.1) is 0 Å². The Morgan fingerprint density at radius 3 is 1.34 bits per heavy atom. The molecule has 0 saturated carbocycles. The maximum atomic E-state index is 5.42. The molecule has 10 aromatic rings. The van der Waals surface area contributed by atoms with Crippen LogP contribution in [0, 0.1) is 0 Å². The fourth-order valence-corrected chi connectivity index (χ4v) is 8.95. The molecule has 2 heterocycles. The molecule has 0 bridgehead atoms. The van der Waals surface area contributed by atoms with Crippen molar-refractivity contribution in [1.29, 1.82) is 0 Å². The molecule has 0 N–H and O–H groups in total. The zero-order valence-electron chi connectivity index (χ0n) is 32.1. The van der Waals surface area contributed by atoms with E-state index in [1.807, 2.05) is 60.7 Å². The molecule has 0 amide bonds. The second-order valence-electron chi connectivity index (χ2n) is 15.0. The lowest BCUT2D eigenvalue weighted by Gasteiger charge is -2.42. The molecule has 59 heavy (non-hydrogen) atoms. The van der Waals surface area contributed by atoms with Crippen LogP contribution in [0.4, 0.5) is 0 Å². The molecule has 0 fully saturated rings. The van der Waals surface area contributed by atoms with Crippen LogP contribution in [0.1, 0.15) is 22.3 Å². The molecule has 0 aliphatic heterocycles. The maximum absolute atomic E-state index is 5.42. The van der Waals surface area contributed by atoms with Gasteiger partial charge in [0.05, 0.1) is 16.6 Å². The van der Waals surface area contributed by atoms with Crippen molar-refractivity contribution < 1.29 is 0 Å². The van der Waals surface area contributed by atoms with Gasteiger partial charge in [-0.25, -0.2) is 19.9 Å². The van der Waals surface area contributed by atoms with Gasteiger partial charge in [0.1, 0.15) is 0 Å². The number of benzene rings is 8. The van der Waals surface area contributed by atoms with E-state index in [9.17, 15) is 0 Å². The normalized spacial score (nSPS) is 12.5. The Labute approximate surface area is 343 Å². The lowest BCUT2D eigenvalue weighted by molar-refractivity contribution is 0.749. The average molecular weight is 753 g/mol. The molecule has 4 heteroatoms. The second-order valence-corrected chi connectivity index (χ2v) is 15.0. The molecular weight excluding hydrogens is 717 g/mol. The highest BCUT2D eigenvalue weighted by Crippen LogP contribution is 2.55. The molecule has 0 atom stereocenters. The Morgan fingerprint density at radius 1 is 0.288 bits per heavy atom. The number of nitrogens with zero attached hydrogens (tertiary/aromatic N) is 4. The Morgan fingerprint density at radius 2 is 0.729 bits per heavy atom. The molecule has 0 unspecified atom stereocenters. The Bertz CT molecular complexity index is 3050. The molecule has 4 nitrogen and oxygen atoms in total. The molecule has 1 aliphatic carbocycles. The van der Waals surface area contributed by atoms with Crippen LogP contribution < -0.4 is 0 Å². The topological polar surface area (TPSA) is 51.6 Å². The van der Waals surface area contributed by atoms with Gasteiger partial charge < -0.3 is 0 Å². The predicted octanol–water partition coefficient (Wildman–Crippen LogP) is 13.1. The van der Waals surface area contributed by atoms with E-state index >= 15 is 0 Å². The summed E-state index contributed by atoms with van der Waals surface area (Å²) in [6.07, 6.45) is 0. The van der Waals surface area contributed by atoms with Crippen LogP contribution in [-0.4, -0.2) is 19.9 Å². The van der Waals surface area contributed by atoms with Gasteiger partial charge >= 0.3 is 0 Å². The predicted molar refractivity (Wildman–Crippen MR) is 240 cm³/mol. The molecule has 1 aliphatic rings. The number of hydrogen-bond donors (Lipinski definition) is 0. The van der Waals surface area contributed by atoms with Crippen LogP contribution in [0.25, 0.3) is 78.6 Å². The minimum atomic E-state index is -0.512. The minimum absolute atomic E-state index is 0.512. The summed E-state index contributed by atoms with van der Waals surface area (Å²) >= 11 is 0. The highest BCUT2D eigenvalue weighted by atomic mass is 15.0. The smallest absolute Gasteiger partial charge is 0.164 e. The average Bonchev–Trinajstić information content (AvgIpc) is 3.33. The largest absolute Gasteiger partial charge is 0.248 e. The van der Waals surface area contributed by atoms with Crippen LogP contribution in [0.15, 0.2) is 218 Å². The zero-order valence-corrected chi connectivity index (χ0v) is 32.1. The third-order valence-corrected chi connectivity index (χ3v) is 11.6. The first-order chi connectivity index (χ1) is 29.2. The summed E-state index contributed by atoms with van der Waals surface area (Å²) in [5.74, 6) is 1.91. The van der Waals surface area contributed by atoms with E-state index in [0.29, 0.717) is 17.5 Å². The molecule has 0 spiro atoms. The van der Waals surface area contributed by atoms with Gasteiger partial charge in [-0.2, -0.15) is 0 Å². The molecule has 276 valence electrons. The van der Waals surface area contributed by atoms with Crippen LogP contribution >= 0.6 is 0 Å². The first-order valence-corrected chi connectivity index (χ1v) is 20.0. The highest BCUT2D eigenvalue weighted by Gasteiger charge is 2.44. The van der Waals surface area contributed by atoms with Gasteiger partial charge in [-0.05, 0) is 68.8 Å². The molecule has 2 aromatic heterocycles. The van der Waals surface area contributed by atoms with Gasteiger partial charge in [0.25, 0.3) is 0 Å². The van der Waals surface area contributed by atoms with Crippen molar-refractivity contribution in [2.45, 2.75) is 5.41 Å². The molecule has 0 saturated heterocycles. The lowest BCUT2D eigenvalue weighted by atomic mass is 9.60. The summed E-state index contributed by atoms with van der Waals surface area (Å²) in [4.78, 5) is 20.3. The number of aromatic nitrogens is 4. The highest BCUT2D eigenvalue weighted by molar-refractivity contribution is 6.05.